The first-order valence-corrected chi connectivity index (χ1v) is 8.57. The van der Waals surface area contributed by atoms with E-state index in [0.717, 1.165) is 6.42 Å². The Hall–Kier alpha value is -1.32. The van der Waals surface area contributed by atoms with Gasteiger partial charge in [-0.1, -0.05) is 46.8 Å². The predicted molar refractivity (Wildman–Crippen MR) is 92.9 cm³/mol. The van der Waals surface area contributed by atoms with Crippen LogP contribution in [0.3, 0.4) is 0 Å². The van der Waals surface area contributed by atoms with Crippen molar-refractivity contribution in [3.63, 3.8) is 0 Å². The molecule has 0 spiro atoms. The zero-order valence-electron chi connectivity index (χ0n) is 16.0. The second kappa shape index (κ2) is 10.5. The highest BCUT2D eigenvalue weighted by Crippen LogP contribution is 2.29. The van der Waals surface area contributed by atoms with Gasteiger partial charge in [0, 0.05) is 19.8 Å². The van der Waals surface area contributed by atoms with Crippen molar-refractivity contribution in [3.8, 4) is 0 Å². The van der Waals surface area contributed by atoms with Gasteiger partial charge in [0.1, 0.15) is 12.2 Å². The van der Waals surface area contributed by atoms with Crippen LogP contribution in [0.15, 0.2) is 12.2 Å². The smallest absolute Gasteiger partial charge is 0.302 e. The fourth-order valence-electron chi connectivity index (χ4n) is 3.30. The summed E-state index contributed by atoms with van der Waals surface area (Å²) in [5.74, 6) is 0.272. The van der Waals surface area contributed by atoms with Gasteiger partial charge in [-0.3, -0.25) is 9.59 Å². The van der Waals surface area contributed by atoms with Crippen molar-refractivity contribution in [2.45, 2.75) is 74.0 Å². The molecular weight excluding hydrogens is 292 g/mol. The number of carbonyl (C=O) groups is 2. The van der Waals surface area contributed by atoms with E-state index in [2.05, 4.69) is 40.7 Å². The number of carbonyl (C=O) groups excluding carboxylic acids is 2. The summed E-state index contributed by atoms with van der Waals surface area (Å²) >= 11 is 0. The van der Waals surface area contributed by atoms with Gasteiger partial charge in [0.15, 0.2) is 0 Å². The maximum Gasteiger partial charge on any atom is 0.302 e. The van der Waals surface area contributed by atoms with Crippen LogP contribution >= 0.6 is 0 Å². The van der Waals surface area contributed by atoms with Crippen molar-refractivity contribution >= 4 is 11.9 Å². The number of rotatable bonds is 9. The number of hydrogen-bond donors (Lipinski definition) is 0. The number of allylic oxidation sites excluding steroid dienone is 1. The maximum atomic E-state index is 11.4. The first-order valence-electron chi connectivity index (χ1n) is 8.57. The molecule has 0 bridgehead atoms. The van der Waals surface area contributed by atoms with Gasteiger partial charge in [0.2, 0.25) is 0 Å². The number of hydrogen-bond acceptors (Lipinski definition) is 4. The molecule has 0 aromatic rings. The topological polar surface area (TPSA) is 52.6 Å². The molecule has 0 unspecified atom stereocenters. The lowest BCUT2D eigenvalue weighted by molar-refractivity contribution is -0.154. The van der Waals surface area contributed by atoms with Gasteiger partial charge in [0.25, 0.3) is 0 Å². The molecule has 5 atom stereocenters. The van der Waals surface area contributed by atoms with Crippen LogP contribution in [-0.4, -0.2) is 24.1 Å². The van der Waals surface area contributed by atoms with E-state index in [-0.39, 0.29) is 47.8 Å². The molecule has 23 heavy (non-hydrogen) atoms. The zero-order chi connectivity index (χ0) is 18.2. The molecule has 0 heterocycles. The lowest BCUT2D eigenvalue weighted by Gasteiger charge is -2.33. The van der Waals surface area contributed by atoms with Gasteiger partial charge in [-0.15, -0.1) is 0 Å². The van der Waals surface area contributed by atoms with E-state index in [1.165, 1.54) is 13.8 Å². The molecule has 0 aromatic heterocycles. The molecule has 0 aliphatic rings. The lowest BCUT2D eigenvalue weighted by atomic mass is 9.82. The average molecular weight is 326 g/mol. The van der Waals surface area contributed by atoms with Gasteiger partial charge < -0.3 is 9.47 Å². The molecule has 0 saturated carbocycles. The molecule has 4 heteroatoms. The van der Waals surface area contributed by atoms with Crippen LogP contribution in [0.1, 0.15) is 61.8 Å². The SMILES string of the molecule is C/C=C/[C@@H](C)[C@H](OC(C)=O)[C@H](C)C[C@@H](C)[C@H](OC(C)=O)C(C)C. The van der Waals surface area contributed by atoms with E-state index in [1.807, 2.05) is 13.0 Å². The van der Waals surface area contributed by atoms with Crippen molar-refractivity contribution in [2.75, 3.05) is 0 Å². The molecule has 0 rings (SSSR count). The Labute approximate surface area is 141 Å². The van der Waals surface area contributed by atoms with Crippen molar-refractivity contribution in [1.82, 2.24) is 0 Å². The highest BCUT2D eigenvalue weighted by atomic mass is 16.5. The molecule has 0 amide bonds. The van der Waals surface area contributed by atoms with E-state index in [9.17, 15) is 9.59 Å². The molecular formula is C19H34O4. The molecule has 0 aliphatic carbocycles. The van der Waals surface area contributed by atoms with Crippen molar-refractivity contribution in [1.29, 1.82) is 0 Å². The van der Waals surface area contributed by atoms with Crippen LogP contribution in [0.2, 0.25) is 0 Å². The molecule has 0 N–H and O–H groups in total. The highest BCUT2D eigenvalue weighted by Gasteiger charge is 2.31. The van der Waals surface area contributed by atoms with Crippen LogP contribution in [0.25, 0.3) is 0 Å². The maximum absolute atomic E-state index is 11.4. The fraction of sp³-hybridized carbons (Fsp3) is 0.789. The third kappa shape index (κ3) is 8.19. The Balaban J connectivity index is 5.02. The molecule has 0 aliphatic heterocycles. The van der Waals surface area contributed by atoms with Gasteiger partial charge in [0.05, 0.1) is 0 Å². The Morgan fingerprint density at radius 3 is 1.70 bits per heavy atom. The average Bonchev–Trinajstić information content (AvgIpc) is 2.41. The summed E-state index contributed by atoms with van der Waals surface area (Å²) in [5, 5.41) is 0. The monoisotopic (exact) mass is 326 g/mol. The summed E-state index contributed by atoms with van der Waals surface area (Å²) in [6.45, 7) is 15.2. The minimum Gasteiger partial charge on any atom is -0.462 e. The van der Waals surface area contributed by atoms with E-state index < -0.39 is 0 Å². The van der Waals surface area contributed by atoms with Crippen LogP contribution in [0.5, 0.6) is 0 Å². The van der Waals surface area contributed by atoms with Crippen LogP contribution in [0.4, 0.5) is 0 Å². The summed E-state index contributed by atoms with van der Waals surface area (Å²) in [6.07, 6.45) is 4.57. The van der Waals surface area contributed by atoms with Gasteiger partial charge in [-0.2, -0.15) is 0 Å². The summed E-state index contributed by atoms with van der Waals surface area (Å²) in [6, 6.07) is 0. The zero-order valence-corrected chi connectivity index (χ0v) is 16.0. The molecule has 134 valence electrons. The largest absolute Gasteiger partial charge is 0.462 e. The van der Waals surface area contributed by atoms with Crippen LogP contribution in [-0.2, 0) is 19.1 Å². The van der Waals surface area contributed by atoms with Gasteiger partial charge >= 0.3 is 11.9 Å². The second-order valence-electron chi connectivity index (χ2n) is 6.97. The van der Waals surface area contributed by atoms with Crippen molar-refractivity contribution in [3.05, 3.63) is 12.2 Å². The first-order chi connectivity index (χ1) is 10.6. The van der Waals surface area contributed by atoms with E-state index >= 15 is 0 Å². The Bertz CT molecular complexity index is 400. The highest BCUT2D eigenvalue weighted by molar-refractivity contribution is 5.66. The summed E-state index contributed by atoms with van der Waals surface area (Å²) in [7, 11) is 0. The third-order valence-electron chi connectivity index (χ3n) is 4.14. The number of ether oxygens (including phenoxy) is 2. The first kappa shape index (κ1) is 21.7. The normalized spacial score (nSPS) is 18.3. The predicted octanol–water partition coefficient (Wildman–Crippen LogP) is 4.38. The van der Waals surface area contributed by atoms with Gasteiger partial charge in [-0.25, -0.2) is 0 Å². The van der Waals surface area contributed by atoms with Crippen molar-refractivity contribution in [2.24, 2.45) is 23.7 Å². The van der Waals surface area contributed by atoms with Crippen LogP contribution < -0.4 is 0 Å². The summed E-state index contributed by atoms with van der Waals surface area (Å²) in [5.41, 5.74) is 0. The molecule has 0 radical (unpaired) electrons. The molecule has 0 aromatic carbocycles. The lowest BCUT2D eigenvalue weighted by Crippen LogP contribution is -2.35. The van der Waals surface area contributed by atoms with E-state index in [0.29, 0.717) is 0 Å². The minimum atomic E-state index is -0.258. The second-order valence-corrected chi connectivity index (χ2v) is 6.97. The Morgan fingerprint density at radius 2 is 1.30 bits per heavy atom. The van der Waals surface area contributed by atoms with Crippen molar-refractivity contribution < 1.29 is 19.1 Å². The minimum absolute atomic E-state index is 0.120. The Kier molecular flexibility index (Phi) is 9.85. The van der Waals surface area contributed by atoms with Gasteiger partial charge in [-0.05, 0) is 31.1 Å². The standard InChI is InChI=1S/C19H34O4/c1-9-10-13(4)19(23-17(8)21)15(6)11-14(5)18(12(2)3)22-16(7)20/h9-10,12-15,18-19H,11H2,1-8H3/b10-9+/t13-,14-,15-,18-,19+/m1/s1. The molecule has 4 nitrogen and oxygen atoms in total. The quantitative estimate of drug-likeness (QED) is 0.466. The summed E-state index contributed by atoms with van der Waals surface area (Å²) in [4.78, 5) is 22.7. The Morgan fingerprint density at radius 1 is 0.870 bits per heavy atom. The number of esters is 2. The molecule has 0 fully saturated rings. The van der Waals surface area contributed by atoms with E-state index in [4.69, 9.17) is 9.47 Å². The molecule has 0 saturated heterocycles. The third-order valence-corrected chi connectivity index (χ3v) is 4.14. The van der Waals surface area contributed by atoms with E-state index in [1.54, 1.807) is 0 Å². The van der Waals surface area contributed by atoms with Crippen LogP contribution in [0, 0.1) is 23.7 Å². The fourth-order valence-corrected chi connectivity index (χ4v) is 3.30. The summed E-state index contributed by atoms with van der Waals surface area (Å²) < 4.78 is 11.0.